The van der Waals surface area contributed by atoms with Crippen LogP contribution in [0.5, 0.6) is 0 Å². The summed E-state index contributed by atoms with van der Waals surface area (Å²) < 4.78 is 5.74. The smallest absolute Gasteiger partial charge is 0.0740 e. The van der Waals surface area contributed by atoms with Crippen LogP contribution in [0.4, 0.5) is 0 Å². The lowest BCUT2D eigenvalue weighted by Gasteiger charge is -2.23. The quantitative estimate of drug-likeness (QED) is 0.828. The van der Waals surface area contributed by atoms with Gasteiger partial charge in [0.25, 0.3) is 0 Å². The van der Waals surface area contributed by atoms with Crippen LogP contribution in [0.3, 0.4) is 0 Å². The zero-order valence-corrected chi connectivity index (χ0v) is 10.1. The molecule has 1 aromatic carbocycles. The van der Waals surface area contributed by atoms with Gasteiger partial charge in [0, 0.05) is 30.2 Å². The van der Waals surface area contributed by atoms with Gasteiger partial charge in [-0.15, -0.1) is 0 Å². The fourth-order valence-electron chi connectivity index (χ4n) is 2.45. The van der Waals surface area contributed by atoms with Gasteiger partial charge in [-0.25, -0.2) is 0 Å². The molecular formula is C14H18N2O. The molecule has 0 saturated carbocycles. The van der Waals surface area contributed by atoms with E-state index in [0.29, 0.717) is 6.10 Å². The fraction of sp³-hybridized carbons (Fsp3) is 0.429. The van der Waals surface area contributed by atoms with Crippen molar-refractivity contribution in [2.24, 2.45) is 0 Å². The number of H-pyrrole nitrogens is 1. The lowest BCUT2D eigenvalue weighted by atomic mass is 10.0. The maximum atomic E-state index is 5.74. The molecule has 1 unspecified atom stereocenters. The number of aromatic nitrogens is 1. The molecule has 1 atom stereocenters. The molecule has 90 valence electrons. The van der Waals surface area contributed by atoms with E-state index in [4.69, 9.17) is 4.74 Å². The summed E-state index contributed by atoms with van der Waals surface area (Å²) in [6, 6.07) is 6.63. The van der Waals surface area contributed by atoms with E-state index in [1.807, 2.05) is 0 Å². The number of ether oxygens (including phenoxy) is 1. The van der Waals surface area contributed by atoms with Crippen molar-refractivity contribution in [3.63, 3.8) is 0 Å². The van der Waals surface area contributed by atoms with Crippen LogP contribution in [0.15, 0.2) is 24.4 Å². The number of fused-ring (bicyclic) bond motifs is 1. The number of hydrogen-bond donors (Lipinski definition) is 2. The molecule has 2 aromatic rings. The predicted molar refractivity (Wildman–Crippen MR) is 69.3 cm³/mol. The average Bonchev–Trinajstić information content (AvgIpc) is 2.73. The summed E-state index contributed by atoms with van der Waals surface area (Å²) in [7, 11) is 0. The van der Waals surface area contributed by atoms with E-state index in [2.05, 4.69) is 41.6 Å². The summed E-state index contributed by atoms with van der Waals surface area (Å²) in [5.41, 5.74) is 3.88. The topological polar surface area (TPSA) is 37.0 Å². The third-order valence-corrected chi connectivity index (χ3v) is 3.42. The summed E-state index contributed by atoms with van der Waals surface area (Å²) in [4.78, 5) is 3.28. The third kappa shape index (κ3) is 2.21. The van der Waals surface area contributed by atoms with Crippen molar-refractivity contribution in [2.45, 2.75) is 19.4 Å². The second-order valence-corrected chi connectivity index (χ2v) is 4.75. The van der Waals surface area contributed by atoms with Crippen molar-refractivity contribution < 1.29 is 4.74 Å². The van der Waals surface area contributed by atoms with Gasteiger partial charge in [-0.2, -0.15) is 0 Å². The first-order valence-corrected chi connectivity index (χ1v) is 6.22. The van der Waals surface area contributed by atoms with E-state index in [-0.39, 0.29) is 0 Å². The first-order valence-electron chi connectivity index (χ1n) is 6.22. The van der Waals surface area contributed by atoms with E-state index < -0.39 is 0 Å². The summed E-state index contributed by atoms with van der Waals surface area (Å²) in [5, 5.41) is 4.69. The zero-order chi connectivity index (χ0) is 11.7. The van der Waals surface area contributed by atoms with Crippen LogP contribution in [0, 0.1) is 6.92 Å². The molecule has 3 rings (SSSR count). The van der Waals surface area contributed by atoms with Crippen molar-refractivity contribution in [3.8, 4) is 0 Å². The molecule has 1 aromatic heterocycles. The van der Waals surface area contributed by atoms with E-state index in [1.165, 1.54) is 22.0 Å². The molecule has 1 aliphatic heterocycles. The third-order valence-electron chi connectivity index (χ3n) is 3.42. The van der Waals surface area contributed by atoms with Crippen LogP contribution in [-0.4, -0.2) is 30.8 Å². The minimum Gasteiger partial charge on any atom is -0.375 e. The standard InChI is InChI=1S/C14H18N2O/c1-10-8-16-14-3-2-11(7-13(10)14)6-12-9-15-4-5-17-12/h2-3,7-8,12,15-16H,4-6,9H2,1H3. The Bertz CT molecular complexity index is 512. The van der Waals surface area contributed by atoms with Crippen LogP contribution in [0.25, 0.3) is 10.9 Å². The molecule has 1 aliphatic rings. The SMILES string of the molecule is Cc1c[nH]c2ccc(CC3CNCCO3)cc12. The largest absolute Gasteiger partial charge is 0.375 e. The van der Waals surface area contributed by atoms with E-state index in [1.54, 1.807) is 0 Å². The maximum absolute atomic E-state index is 5.74. The zero-order valence-electron chi connectivity index (χ0n) is 10.1. The highest BCUT2D eigenvalue weighted by Crippen LogP contribution is 2.20. The Morgan fingerprint density at radius 3 is 3.18 bits per heavy atom. The van der Waals surface area contributed by atoms with Crippen LogP contribution in [0.1, 0.15) is 11.1 Å². The van der Waals surface area contributed by atoms with Crippen LogP contribution >= 0.6 is 0 Å². The Morgan fingerprint density at radius 1 is 1.41 bits per heavy atom. The Hall–Kier alpha value is -1.32. The minimum absolute atomic E-state index is 0.320. The van der Waals surface area contributed by atoms with Gasteiger partial charge in [-0.05, 0) is 36.6 Å². The highest BCUT2D eigenvalue weighted by molar-refractivity contribution is 5.83. The van der Waals surface area contributed by atoms with Gasteiger partial charge < -0.3 is 15.0 Å². The lowest BCUT2D eigenvalue weighted by molar-refractivity contribution is 0.0292. The number of nitrogens with one attached hydrogen (secondary N) is 2. The Labute approximate surface area is 101 Å². The van der Waals surface area contributed by atoms with Crippen molar-refractivity contribution in [2.75, 3.05) is 19.7 Å². The van der Waals surface area contributed by atoms with Gasteiger partial charge >= 0.3 is 0 Å². The summed E-state index contributed by atoms with van der Waals surface area (Å²) in [5.74, 6) is 0. The van der Waals surface area contributed by atoms with Gasteiger partial charge in [-0.3, -0.25) is 0 Å². The summed E-state index contributed by atoms with van der Waals surface area (Å²) in [6.45, 7) is 4.91. The molecule has 1 saturated heterocycles. The fourth-order valence-corrected chi connectivity index (χ4v) is 2.45. The van der Waals surface area contributed by atoms with Gasteiger partial charge in [0.15, 0.2) is 0 Å². The molecule has 0 bridgehead atoms. The molecule has 1 fully saturated rings. The summed E-state index contributed by atoms with van der Waals surface area (Å²) >= 11 is 0. The molecule has 2 heterocycles. The predicted octanol–water partition coefficient (Wildman–Crippen LogP) is 2.01. The molecule has 3 heteroatoms. The van der Waals surface area contributed by atoms with Gasteiger partial charge in [0.05, 0.1) is 12.7 Å². The van der Waals surface area contributed by atoms with E-state index in [0.717, 1.165) is 26.1 Å². The van der Waals surface area contributed by atoms with Crippen LogP contribution < -0.4 is 5.32 Å². The second-order valence-electron chi connectivity index (χ2n) is 4.75. The number of rotatable bonds is 2. The highest BCUT2D eigenvalue weighted by atomic mass is 16.5. The minimum atomic E-state index is 0.320. The van der Waals surface area contributed by atoms with Gasteiger partial charge in [0.2, 0.25) is 0 Å². The van der Waals surface area contributed by atoms with E-state index >= 15 is 0 Å². The van der Waals surface area contributed by atoms with Crippen molar-refractivity contribution >= 4 is 10.9 Å². The van der Waals surface area contributed by atoms with Crippen molar-refractivity contribution in [1.29, 1.82) is 0 Å². The summed E-state index contributed by atoms with van der Waals surface area (Å²) in [6.07, 6.45) is 3.38. The van der Waals surface area contributed by atoms with Gasteiger partial charge in [0.1, 0.15) is 0 Å². The monoisotopic (exact) mass is 230 g/mol. The van der Waals surface area contributed by atoms with E-state index in [9.17, 15) is 0 Å². The number of benzene rings is 1. The van der Waals surface area contributed by atoms with Crippen molar-refractivity contribution in [3.05, 3.63) is 35.5 Å². The second kappa shape index (κ2) is 4.51. The van der Waals surface area contributed by atoms with Gasteiger partial charge in [-0.1, -0.05) is 6.07 Å². The molecule has 0 amide bonds. The number of morpholine rings is 1. The first kappa shape index (κ1) is 10.8. The average molecular weight is 230 g/mol. The maximum Gasteiger partial charge on any atom is 0.0740 e. The normalized spacial score (nSPS) is 20.9. The highest BCUT2D eigenvalue weighted by Gasteiger charge is 2.14. The number of aryl methyl sites for hydroxylation is 1. The Kier molecular flexibility index (Phi) is 2.87. The van der Waals surface area contributed by atoms with Crippen LogP contribution in [0.2, 0.25) is 0 Å². The number of hydrogen-bond acceptors (Lipinski definition) is 2. The molecular weight excluding hydrogens is 212 g/mol. The molecule has 3 nitrogen and oxygen atoms in total. The molecule has 0 radical (unpaired) electrons. The Morgan fingerprint density at radius 2 is 2.35 bits per heavy atom. The molecule has 17 heavy (non-hydrogen) atoms. The Balaban J connectivity index is 1.82. The molecule has 2 N–H and O–H groups in total. The molecule has 0 aliphatic carbocycles. The first-order chi connectivity index (χ1) is 8.33. The number of aromatic amines is 1. The molecule has 0 spiro atoms. The van der Waals surface area contributed by atoms with Crippen LogP contribution in [-0.2, 0) is 11.2 Å². The van der Waals surface area contributed by atoms with Crippen molar-refractivity contribution in [1.82, 2.24) is 10.3 Å². The lowest BCUT2D eigenvalue weighted by Crippen LogP contribution is -2.39.